The molecule has 0 N–H and O–H groups in total. The first-order valence-electron chi connectivity index (χ1n) is 9.37. The van der Waals surface area contributed by atoms with E-state index >= 15 is 0 Å². The molecule has 25 heavy (non-hydrogen) atoms. The van der Waals surface area contributed by atoms with Crippen LogP contribution in [0.25, 0.3) is 0 Å². The maximum atomic E-state index is 12.1. The summed E-state index contributed by atoms with van der Waals surface area (Å²) in [6, 6.07) is 4.08. The van der Waals surface area contributed by atoms with Crippen molar-refractivity contribution in [2.24, 2.45) is 0 Å². The van der Waals surface area contributed by atoms with Crippen LogP contribution in [0.5, 0.6) is 0 Å². The van der Waals surface area contributed by atoms with Crippen LogP contribution in [0.15, 0.2) is 24.5 Å². The van der Waals surface area contributed by atoms with E-state index in [4.69, 9.17) is 9.47 Å². The lowest BCUT2D eigenvalue weighted by molar-refractivity contribution is -0.200. The fourth-order valence-corrected chi connectivity index (χ4v) is 4.22. The van der Waals surface area contributed by atoms with Crippen molar-refractivity contribution in [3.63, 3.8) is 0 Å². The van der Waals surface area contributed by atoms with Crippen LogP contribution < -0.4 is 0 Å². The molecule has 0 aromatic carbocycles. The summed E-state index contributed by atoms with van der Waals surface area (Å²) in [5.74, 6) is 0.143. The van der Waals surface area contributed by atoms with Gasteiger partial charge in [0, 0.05) is 58.1 Å². The first-order valence-corrected chi connectivity index (χ1v) is 9.37. The Morgan fingerprint density at radius 2 is 2.20 bits per heavy atom. The molecule has 6 nitrogen and oxygen atoms in total. The highest BCUT2D eigenvalue weighted by Crippen LogP contribution is 2.36. The van der Waals surface area contributed by atoms with Crippen LogP contribution >= 0.6 is 0 Å². The maximum absolute atomic E-state index is 12.1. The molecular formula is C19H27N3O3. The molecule has 0 radical (unpaired) electrons. The summed E-state index contributed by atoms with van der Waals surface area (Å²) in [6.45, 7) is 5.51. The van der Waals surface area contributed by atoms with E-state index in [1.54, 1.807) is 6.20 Å². The molecule has 1 spiro atoms. The second-order valence-electron chi connectivity index (χ2n) is 7.55. The van der Waals surface area contributed by atoms with Gasteiger partial charge < -0.3 is 14.4 Å². The Hall–Kier alpha value is -1.50. The summed E-state index contributed by atoms with van der Waals surface area (Å²) in [7, 11) is 0. The number of hydrogen-bond donors (Lipinski definition) is 0. The van der Waals surface area contributed by atoms with Gasteiger partial charge in [0.15, 0.2) is 0 Å². The van der Waals surface area contributed by atoms with E-state index < -0.39 is 0 Å². The van der Waals surface area contributed by atoms with Gasteiger partial charge in [-0.15, -0.1) is 0 Å². The zero-order valence-electron chi connectivity index (χ0n) is 14.7. The van der Waals surface area contributed by atoms with E-state index in [0.29, 0.717) is 0 Å². The van der Waals surface area contributed by atoms with Gasteiger partial charge in [0.2, 0.25) is 5.91 Å². The van der Waals surface area contributed by atoms with Crippen molar-refractivity contribution < 1.29 is 14.3 Å². The number of nitrogens with zero attached hydrogens (tertiary/aromatic N) is 3. The fourth-order valence-electron chi connectivity index (χ4n) is 4.22. The van der Waals surface area contributed by atoms with Gasteiger partial charge in [-0.3, -0.25) is 14.7 Å². The van der Waals surface area contributed by atoms with Crippen LogP contribution in [-0.4, -0.2) is 71.8 Å². The fraction of sp³-hybridized carbons (Fsp3) is 0.684. The highest BCUT2D eigenvalue weighted by molar-refractivity contribution is 5.77. The van der Waals surface area contributed by atoms with Crippen molar-refractivity contribution >= 4 is 5.91 Å². The Bertz CT molecular complexity index is 583. The zero-order chi connectivity index (χ0) is 17.1. The first-order chi connectivity index (χ1) is 12.2. The molecule has 0 saturated carbocycles. The summed E-state index contributed by atoms with van der Waals surface area (Å²) >= 11 is 0. The van der Waals surface area contributed by atoms with Crippen molar-refractivity contribution in [1.29, 1.82) is 0 Å². The number of carbonyl (C=O) groups is 1. The SMILES string of the molecule is O=C(CO[C@@H]1CCOC2(C1)CN(Cc1cccnc1)C2)N1CCCC1. The van der Waals surface area contributed by atoms with E-state index in [0.717, 1.165) is 65.0 Å². The highest BCUT2D eigenvalue weighted by Gasteiger charge is 2.47. The summed E-state index contributed by atoms with van der Waals surface area (Å²) in [4.78, 5) is 20.6. The molecule has 0 bridgehead atoms. The number of likely N-dealkylation sites (tertiary alicyclic amines) is 2. The molecule has 136 valence electrons. The number of amides is 1. The van der Waals surface area contributed by atoms with Crippen molar-refractivity contribution in [2.75, 3.05) is 39.4 Å². The van der Waals surface area contributed by atoms with Gasteiger partial charge in [0.1, 0.15) is 6.61 Å². The average Bonchev–Trinajstić information content (AvgIpc) is 3.14. The largest absolute Gasteiger partial charge is 0.372 e. The third kappa shape index (κ3) is 4.02. The van der Waals surface area contributed by atoms with Crippen LogP contribution in [0.1, 0.15) is 31.2 Å². The predicted octanol–water partition coefficient (Wildman–Crippen LogP) is 1.45. The van der Waals surface area contributed by atoms with Gasteiger partial charge in [-0.1, -0.05) is 6.07 Å². The van der Waals surface area contributed by atoms with Crippen molar-refractivity contribution in [3.8, 4) is 0 Å². The predicted molar refractivity (Wildman–Crippen MR) is 93.0 cm³/mol. The summed E-state index contributed by atoms with van der Waals surface area (Å²) in [5.41, 5.74) is 1.15. The van der Waals surface area contributed by atoms with Gasteiger partial charge in [-0.25, -0.2) is 0 Å². The van der Waals surface area contributed by atoms with E-state index in [9.17, 15) is 4.79 Å². The van der Waals surface area contributed by atoms with E-state index in [1.165, 1.54) is 5.56 Å². The minimum atomic E-state index is -0.0815. The molecule has 3 aliphatic rings. The van der Waals surface area contributed by atoms with Gasteiger partial charge in [0.25, 0.3) is 0 Å². The van der Waals surface area contributed by atoms with Crippen molar-refractivity contribution in [1.82, 2.24) is 14.8 Å². The monoisotopic (exact) mass is 345 g/mol. The van der Waals surface area contributed by atoms with E-state index in [1.807, 2.05) is 17.2 Å². The summed E-state index contributed by atoms with van der Waals surface area (Å²) in [5, 5.41) is 0. The molecule has 1 atom stereocenters. The van der Waals surface area contributed by atoms with E-state index in [2.05, 4.69) is 16.0 Å². The molecule has 3 saturated heterocycles. The van der Waals surface area contributed by atoms with Crippen LogP contribution in [0.4, 0.5) is 0 Å². The highest BCUT2D eigenvalue weighted by atomic mass is 16.5. The number of carbonyl (C=O) groups excluding carboxylic acids is 1. The standard InChI is InChI=1S/C19H27N3O3/c23-18(22-7-1-2-8-22)13-24-17-5-9-25-19(10-17)14-21(15-19)12-16-4-3-6-20-11-16/h3-4,6,11,17H,1-2,5,7-10,12-15H2/t17-/m1/s1. The van der Waals surface area contributed by atoms with Gasteiger partial charge in [-0.05, 0) is 30.9 Å². The molecule has 1 aromatic heterocycles. The Labute approximate surface area is 149 Å². The third-order valence-corrected chi connectivity index (χ3v) is 5.50. The van der Waals surface area contributed by atoms with Crippen LogP contribution in [-0.2, 0) is 20.8 Å². The second kappa shape index (κ2) is 7.40. The lowest BCUT2D eigenvalue weighted by atomic mass is 9.84. The minimum Gasteiger partial charge on any atom is -0.372 e. The van der Waals surface area contributed by atoms with Crippen LogP contribution in [0.3, 0.4) is 0 Å². The average molecular weight is 345 g/mol. The molecule has 1 amide bonds. The number of pyridine rings is 1. The molecule has 3 fully saturated rings. The van der Waals surface area contributed by atoms with Crippen LogP contribution in [0.2, 0.25) is 0 Å². The minimum absolute atomic E-state index is 0.0815. The van der Waals surface area contributed by atoms with Gasteiger partial charge in [-0.2, -0.15) is 0 Å². The smallest absolute Gasteiger partial charge is 0.248 e. The van der Waals surface area contributed by atoms with Gasteiger partial charge in [0.05, 0.1) is 11.7 Å². The van der Waals surface area contributed by atoms with Crippen molar-refractivity contribution in [2.45, 2.75) is 43.9 Å². The van der Waals surface area contributed by atoms with Crippen LogP contribution in [0, 0.1) is 0 Å². The maximum Gasteiger partial charge on any atom is 0.248 e. The lowest BCUT2D eigenvalue weighted by Gasteiger charge is -2.53. The Morgan fingerprint density at radius 3 is 2.96 bits per heavy atom. The molecular weight excluding hydrogens is 318 g/mol. The molecule has 0 aliphatic carbocycles. The topological polar surface area (TPSA) is 54.9 Å². The lowest BCUT2D eigenvalue weighted by Crippen LogP contribution is -2.65. The quantitative estimate of drug-likeness (QED) is 0.809. The molecule has 6 heteroatoms. The van der Waals surface area contributed by atoms with Crippen molar-refractivity contribution in [3.05, 3.63) is 30.1 Å². The Kier molecular flexibility index (Phi) is 5.01. The number of rotatable bonds is 5. The zero-order valence-corrected chi connectivity index (χ0v) is 14.7. The number of ether oxygens (including phenoxy) is 2. The molecule has 3 aliphatic heterocycles. The Morgan fingerprint density at radius 1 is 1.36 bits per heavy atom. The number of aromatic nitrogens is 1. The first kappa shape index (κ1) is 16.9. The van der Waals surface area contributed by atoms with Gasteiger partial charge >= 0.3 is 0 Å². The molecule has 4 rings (SSSR count). The summed E-state index contributed by atoms with van der Waals surface area (Å²) < 4.78 is 12.0. The normalized spacial score (nSPS) is 25.9. The molecule has 1 aromatic rings. The second-order valence-corrected chi connectivity index (χ2v) is 7.55. The molecule has 4 heterocycles. The summed E-state index contributed by atoms with van der Waals surface area (Å²) in [6.07, 6.45) is 7.89. The number of hydrogen-bond acceptors (Lipinski definition) is 5. The molecule has 0 unspecified atom stereocenters. The Balaban J connectivity index is 1.22. The van der Waals surface area contributed by atoms with E-state index in [-0.39, 0.29) is 24.2 Å². The third-order valence-electron chi connectivity index (χ3n) is 5.50.